The summed E-state index contributed by atoms with van der Waals surface area (Å²) < 4.78 is 5.57. The van der Waals surface area contributed by atoms with Gasteiger partial charge in [-0.3, -0.25) is 4.79 Å². The van der Waals surface area contributed by atoms with E-state index in [0.29, 0.717) is 6.61 Å². The molecule has 1 aromatic rings. The second kappa shape index (κ2) is 5.68. The van der Waals surface area contributed by atoms with Gasteiger partial charge in [0.25, 0.3) is 0 Å². The van der Waals surface area contributed by atoms with Crippen LogP contribution in [0.2, 0.25) is 0 Å². The molecular weight excluding hydrogens is 216 g/mol. The summed E-state index contributed by atoms with van der Waals surface area (Å²) in [5.41, 5.74) is 5.74. The molecule has 1 aromatic carbocycles. The van der Waals surface area contributed by atoms with Crippen molar-refractivity contribution >= 4 is 5.91 Å². The van der Waals surface area contributed by atoms with E-state index in [1.54, 1.807) is 0 Å². The van der Waals surface area contributed by atoms with E-state index in [4.69, 9.17) is 10.5 Å². The van der Waals surface area contributed by atoms with Gasteiger partial charge >= 0.3 is 0 Å². The van der Waals surface area contributed by atoms with Gasteiger partial charge in [0.2, 0.25) is 5.91 Å². The van der Waals surface area contributed by atoms with Crippen molar-refractivity contribution in [3.63, 3.8) is 0 Å². The molecule has 0 aliphatic heterocycles. The van der Waals surface area contributed by atoms with E-state index in [-0.39, 0.29) is 12.3 Å². The van der Waals surface area contributed by atoms with E-state index in [1.165, 1.54) is 0 Å². The molecule has 1 atom stereocenters. The first kappa shape index (κ1) is 13.5. The van der Waals surface area contributed by atoms with Gasteiger partial charge in [-0.25, -0.2) is 0 Å². The molecule has 0 saturated carbocycles. The molecule has 17 heavy (non-hydrogen) atoms. The Hall–Kier alpha value is -1.55. The molecule has 0 saturated heterocycles. The number of ether oxygens (including phenoxy) is 1. The molecule has 1 rings (SSSR count). The van der Waals surface area contributed by atoms with Crippen molar-refractivity contribution in [2.75, 3.05) is 13.7 Å². The summed E-state index contributed by atoms with van der Waals surface area (Å²) in [7, 11) is 1.81. The van der Waals surface area contributed by atoms with Gasteiger partial charge in [-0.2, -0.15) is 0 Å². The molecule has 4 nitrogen and oxygen atoms in total. The summed E-state index contributed by atoms with van der Waals surface area (Å²) in [6, 6.07) is 7.68. The number of rotatable bonds is 6. The van der Waals surface area contributed by atoms with E-state index >= 15 is 0 Å². The number of nitrogens with one attached hydrogen (secondary N) is 1. The minimum Gasteiger partial charge on any atom is -0.494 e. The van der Waals surface area contributed by atoms with E-state index in [9.17, 15) is 4.79 Å². The maximum atomic E-state index is 11.2. The van der Waals surface area contributed by atoms with Crippen LogP contribution in [0, 0.1) is 0 Å². The topological polar surface area (TPSA) is 64.3 Å². The molecular formula is C13H20N2O2. The molecule has 94 valence electrons. The van der Waals surface area contributed by atoms with Crippen molar-refractivity contribution in [1.82, 2.24) is 5.32 Å². The van der Waals surface area contributed by atoms with Gasteiger partial charge in [0.1, 0.15) is 5.75 Å². The fraction of sp³-hybridized carbons (Fsp3) is 0.462. The maximum Gasteiger partial charge on any atom is 0.219 e. The molecule has 1 unspecified atom stereocenters. The smallest absolute Gasteiger partial charge is 0.219 e. The Balaban J connectivity index is 3.14. The highest BCUT2D eigenvalue weighted by atomic mass is 16.5. The van der Waals surface area contributed by atoms with E-state index < -0.39 is 5.54 Å². The molecule has 0 bridgehead atoms. The molecule has 0 spiro atoms. The Labute approximate surface area is 102 Å². The van der Waals surface area contributed by atoms with Gasteiger partial charge < -0.3 is 15.8 Å². The van der Waals surface area contributed by atoms with Crippen LogP contribution in [0.4, 0.5) is 0 Å². The Morgan fingerprint density at radius 2 is 2.12 bits per heavy atom. The third-order valence-corrected chi connectivity index (χ3v) is 2.86. The summed E-state index contributed by atoms with van der Waals surface area (Å²) in [4.78, 5) is 11.2. The van der Waals surface area contributed by atoms with Crippen LogP contribution in [0.25, 0.3) is 0 Å². The third-order valence-electron chi connectivity index (χ3n) is 2.86. The number of primary amides is 1. The van der Waals surface area contributed by atoms with E-state index in [0.717, 1.165) is 11.3 Å². The van der Waals surface area contributed by atoms with Gasteiger partial charge in [0.15, 0.2) is 0 Å². The highest BCUT2D eigenvalue weighted by molar-refractivity contribution is 5.75. The number of amides is 1. The number of carbonyl (C=O) groups is 1. The van der Waals surface area contributed by atoms with Crippen molar-refractivity contribution in [2.45, 2.75) is 25.8 Å². The standard InChI is InChI=1S/C13H20N2O2/c1-4-17-11-8-6-5-7-10(11)13(2,15-3)9-12(14)16/h5-8,15H,4,9H2,1-3H3,(H2,14,16). The molecule has 3 N–H and O–H groups in total. The summed E-state index contributed by atoms with van der Waals surface area (Å²) in [6.45, 7) is 4.46. The minimum absolute atomic E-state index is 0.230. The SMILES string of the molecule is CCOc1ccccc1C(C)(CC(N)=O)NC. The van der Waals surface area contributed by atoms with Gasteiger partial charge in [-0.05, 0) is 27.0 Å². The van der Waals surface area contributed by atoms with Crippen LogP contribution < -0.4 is 15.8 Å². The highest BCUT2D eigenvalue weighted by Crippen LogP contribution is 2.32. The fourth-order valence-corrected chi connectivity index (χ4v) is 1.87. The first-order chi connectivity index (χ1) is 8.03. The van der Waals surface area contributed by atoms with Crippen molar-refractivity contribution in [3.8, 4) is 5.75 Å². The summed E-state index contributed by atoms with van der Waals surface area (Å²) in [5.74, 6) is 0.446. The molecule has 1 amide bonds. The van der Waals surface area contributed by atoms with Crippen molar-refractivity contribution in [2.24, 2.45) is 5.73 Å². The predicted molar refractivity (Wildman–Crippen MR) is 67.8 cm³/mol. The number of benzene rings is 1. The highest BCUT2D eigenvalue weighted by Gasteiger charge is 2.29. The Kier molecular flexibility index (Phi) is 4.52. The van der Waals surface area contributed by atoms with Crippen LogP contribution in [0.3, 0.4) is 0 Å². The summed E-state index contributed by atoms with van der Waals surface area (Å²) in [6.07, 6.45) is 0.230. The zero-order chi connectivity index (χ0) is 12.9. The lowest BCUT2D eigenvalue weighted by atomic mass is 9.87. The van der Waals surface area contributed by atoms with Crippen LogP contribution in [0.5, 0.6) is 5.75 Å². The minimum atomic E-state index is -0.502. The molecule has 0 aliphatic carbocycles. The van der Waals surface area contributed by atoms with E-state index in [1.807, 2.05) is 45.2 Å². The van der Waals surface area contributed by atoms with E-state index in [2.05, 4.69) is 5.32 Å². The normalized spacial score (nSPS) is 14.1. The Morgan fingerprint density at radius 3 is 2.65 bits per heavy atom. The lowest BCUT2D eigenvalue weighted by molar-refractivity contribution is -0.119. The lowest BCUT2D eigenvalue weighted by Crippen LogP contribution is -2.40. The quantitative estimate of drug-likeness (QED) is 0.784. The van der Waals surface area contributed by atoms with Crippen molar-refractivity contribution < 1.29 is 9.53 Å². The second-order valence-electron chi connectivity index (χ2n) is 4.15. The number of hydrogen-bond acceptors (Lipinski definition) is 3. The first-order valence-electron chi connectivity index (χ1n) is 5.73. The number of nitrogens with two attached hydrogens (primary N) is 1. The first-order valence-corrected chi connectivity index (χ1v) is 5.73. The van der Waals surface area contributed by atoms with Crippen LogP contribution in [0.1, 0.15) is 25.8 Å². The van der Waals surface area contributed by atoms with Gasteiger partial charge in [-0.1, -0.05) is 18.2 Å². The summed E-state index contributed by atoms with van der Waals surface area (Å²) >= 11 is 0. The second-order valence-corrected chi connectivity index (χ2v) is 4.15. The Morgan fingerprint density at radius 1 is 1.47 bits per heavy atom. The zero-order valence-electron chi connectivity index (χ0n) is 10.6. The maximum absolute atomic E-state index is 11.2. The van der Waals surface area contributed by atoms with Crippen LogP contribution >= 0.6 is 0 Å². The largest absolute Gasteiger partial charge is 0.494 e. The number of para-hydroxylation sites is 1. The third kappa shape index (κ3) is 3.20. The molecule has 0 aromatic heterocycles. The molecule has 4 heteroatoms. The van der Waals surface area contributed by atoms with Gasteiger partial charge in [0, 0.05) is 12.0 Å². The number of carbonyl (C=O) groups excluding carboxylic acids is 1. The summed E-state index contributed by atoms with van der Waals surface area (Å²) in [5, 5.41) is 3.14. The molecule has 0 radical (unpaired) electrons. The van der Waals surface area contributed by atoms with Crippen LogP contribution in [0.15, 0.2) is 24.3 Å². The average Bonchev–Trinajstić information content (AvgIpc) is 2.29. The van der Waals surface area contributed by atoms with Crippen molar-refractivity contribution in [3.05, 3.63) is 29.8 Å². The average molecular weight is 236 g/mol. The molecule has 0 heterocycles. The van der Waals surface area contributed by atoms with Crippen LogP contribution in [-0.4, -0.2) is 19.6 Å². The van der Waals surface area contributed by atoms with Gasteiger partial charge in [-0.15, -0.1) is 0 Å². The zero-order valence-corrected chi connectivity index (χ0v) is 10.6. The molecule has 0 aliphatic rings. The molecule has 0 fully saturated rings. The lowest BCUT2D eigenvalue weighted by Gasteiger charge is -2.30. The fourth-order valence-electron chi connectivity index (χ4n) is 1.87. The Bertz CT molecular complexity index is 393. The number of hydrogen-bond donors (Lipinski definition) is 2. The van der Waals surface area contributed by atoms with Crippen LogP contribution in [-0.2, 0) is 10.3 Å². The van der Waals surface area contributed by atoms with Crippen molar-refractivity contribution in [1.29, 1.82) is 0 Å². The predicted octanol–water partition coefficient (Wildman–Crippen LogP) is 1.40. The monoisotopic (exact) mass is 236 g/mol. The van der Waals surface area contributed by atoms with Gasteiger partial charge in [0.05, 0.1) is 12.1 Å².